The Hall–Kier alpha value is -3.65. The number of carbonyl (C=O) groups is 1. The minimum Gasteiger partial charge on any atom is -0.491 e. The van der Waals surface area contributed by atoms with Gasteiger partial charge in [0, 0.05) is 28.1 Å². The van der Waals surface area contributed by atoms with Crippen LogP contribution in [-0.4, -0.2) is 38.1 Å². The van der Waals surface area contributed by atoms with Crippen LogP contribution in [0.3, 0.4) is 0 Å². The van der Waals surface area contributed by atoms with E-state index < -0.39 is 5.91 Å². The predicted molar refractivity (Wildman–Crippen MR) is 148 cm³/mol. The molecule has 5 rings (SSSR count). The molecule has 3 aromatic rings. The van der Waals surface area contributed by atoms with Crippen molar-refractivity contribution >= 4 is 50.7 Å². The van der Waals surface area contributed by atoms with Crippen molar-refractivity contribution in [3.8, 4) is 5.75 Å². The van der Waals surface area contributed by atoms with Crippen LogP contribution < -0.4 is 4.74 Å². The molecule has 0 unspecified atom stereocenters. The number of hydrogen-bond acceptors (Lipinski definition) is 5. The van der Waals surface area contributed by atoms with Gasteiger partial charge in [-0.2, -0.15) is 15.1 Å². The van der Waals surface area contributed by atoms with E-state index in [9.17, 15) is 4.79 Å². The van der Waals surface area contributed by atoms with Crippen LogP contribution in [0.15, 0.2) is 58.1 Å². The molecule has 2 aliphatic heterocycles. The summed E-state index contributed by atoms with van der Waals surface area (Å²) in [6.45, 7) is 11.4. The summed E-state index contributed by atoms with van der Waals surface area (Å²) in [4.78, 5) is 17.2. The molecule has 1 aromatic heterocycles. The molecule has 36 heavy (non-hydrogen) atoms. The Kier molecular flexibility index (Phi) is 6.30. The maximum atomic E-state index is 13.0. The summed E-state index contributed by atoms with van der Waals surface area (Å²) >= 11 is 1.36. The Morgan fingerprint density at radius 2 is 1.92 bits per heavy atom. The van der Waals surface area contributed by atoms with Crippen LogP contribution in [-0.2, 0) is 11.3 Å². The number of aryl methyl sites for hydroxylation is 2. The summed E-state index contributed by atoms with van der Waals surface area (Å²) in [6, 6.07) is 14.3. The fourth-order valence-corrected chi connectivity index (χ4v) is 5.41. The molecule has 0 saturated carbocycles. The number of fused-ring (bicyclic) bond motifs is 2. The fraction of sp³-hybridized carbons (Fsp3) is 0.286. The van der Waals surface area contributed by atoms with Gasteiger partial charge in [-0.05, 0) is 56.3 Å². The van der Waals surface area contributed by atoms with Crippen LogP contribution in [0.2, 0.25) is 0 Å². The first-order valence-electron chi connectivity index (χ1n) is 12.0. The second kappa shape index (κ2) is 9.43. The van der Waals surface area contributed by atoms with Crippen LogP contribution in [0.25, 0.3) is 17.0 Å². The normalized spacial score (nSPS) is 16.7. The Labute approximate surface area is 215 Å². The van der Waals surface area contributed by atoms with E-state index in [0.29, 0.717) is 18.3 Å². The third kappa shape index (κ3) is 4.26. The zero-order chi connectivity index (χ0) is 25.6. The quantitative estimate of drug-likeness (QED) is 0.427. The van der Waals surface area contributed by atoms with E-state index in [1.54, 1.807) is 6.08 Å². The van der Waals surface area contributed by atoms with Crippen molar-refractivity contribution in [2.24, 2.45) is 16.0 Å². The van der Waals surface area contributed by atoms with Gasteiger partial charge in [-0.3, -0.25) is 10.2 Å². The average molecular weight is 500 g/mol. The van der Waals surface area contributed by atoms with Crippen molar-refractivity contribution in [1.29, 1.82) is 5.41 Å². The summed E-state index contributed by atoms with van der Waals surface area (Å²) < 4.78 is 8.31. The van der Waals surface area contributed by atoms with Crippen molar-refractivity contribution in [2.45, 2.75) is 41.2 Å². The molecule has 8 heteroatoms. The zero-order valence-corrected chi connectivity index (χ0v) is 21.9. The number of thioether (sulfide) groups is 1. The second-order valence-electron chi connectivity index (χ2n) is 9.40. The number of nitrogens with one attached hydrogen (secondary N) is 1. The molecule has 3 heterocycles. The number of ether oxygens (including phenoxy) is 1. The molecule has 2 aliphatic rings. The number of nitrogens with zero attached hydrogens (tertiary/aromatic N) is 4. The minimum atomic E-state index is -0.409. The van der Waals surface area contributed by atoms with Crippen LogP contribution in [0.1, 0.15) is 36.2 Å². The summed E-state index contributed by atoms with van der Waals surface area (Å²) in [7, 11) is 0. The minimum absolute atomic E-state index is 0.0579. The Morgan fingerprint density at radius 3 is 2.67 bits per heavy atom. The second-order valence-corrected chi connectivity index (χ2v) is 10.4. The maximum Gasteiger partial charge on any atom is 0.283 e. The summed E-state index contributed by atoms with van der Waals surface area (Å²) in [5.41, 5.74) is 5.54. The first-order valence-corrected chi connectivity index (χ1v) is 12.8. The lowest BCUT2D eigenvalue weighted by atomic mass is 10.1. The van der Waals surface area contributed by atoms with E-state index in [0.717, 1.165) is 38.5 Å². The monoisotopic (exact) mass is 499 g/mol. The van der Waals surface area contributed by atoms with E-state index in [4.69, 9.17) is 10.1 Å². The van der Waals surface area contributed by atoms with E-state index in [1.165, 1.54) is 22.3 Å². The predicted octanol–water partition coefficient (Wildman–Crippen LogP) is 5.92. The molecule has 1 N–H and O–H groups in total. The molecular weight excluding hydrogens is 470 g/mol. The molecule has 1 amide bonds. The van der Waals surface area contributed by atoms with Crippen molar-refractivity contribution in [3.05, 3.63) is 70.4 Å². The molecule has 0 bridgehead atoms. The highest BCUT2D eigenvalue weighted by Crippen LogP contribution is 2.33. The SMILES string of the molecule is Cc1ccc(OCCn2c(C)c(C=C3C(=N)N4N=C(C(C)C)SC4=NC3=O)c3ccccc32)c(C)c1. The van der Waals surface area contributed by atoms with Gasteiger partial charge >= 0.3 is 0 Å². The number of rotatable bonds is 6. The lowest BCUT2D eigenvalue weighted by Gasteiger charge is -2.20. The number of amidine groups is 2. The van der Waals surface area contributed by atoms with Gasteiger partial charge in [0.15, 0.2) is 5.84 Å². The van der Waals surface area contributed by atoms with Crippen LogP contribution >= 0.6 is 11.8 Å². The highest BCUT2D eigenvalue weighted by molar-refractivity contribution is 8.27. The number of para-hydroxylation sites is 1. The molecular formula is C28H29N5O2S. The highest BCUT2D eigenvalue weighted by Gasteiger charge is 2.36. The molecule has 0 spiro atoms. The van der Waals surface area contributed by atoms with Gasteiger partial charge in [-0.15, -0.1) is 0 Å². The van der Waals surface area contributed by atoms with Crippen molar-refractivity contribution in [1.82, 2.24) is 9.58 Å². The number of amides is 1. The molecule has 0 fully saturated rings. The average Bonchev–Trinajstić information content (AvgIpc) is 3.38. The lowest BCUT2D eigenvalue weighted by molar-refractivity contribution is -0.114. The van der Waals surface area contributed by atoms with Crippen molar-refractivity contribution in [2.75, 3.05) is 6.61 Å². The summed E-state index contributed by atoms with van der Waals surface area (Å²) in [6.07, 6.45) is 1.79. The Morgan fingerprint density at radius 1 is 1.14 bits per heavy atom. The number of aromatic nitrogens is 1. The van der Waals surface area contributed by atoms with Gasteiger partial charge < -0.3 is 9.30 Å². The topological polar surface area (TPSA) is 83.0 Å². The fourth-order valence-electron chi connectivity index (χ4n) is 4.52. The summed E-state index contributed by atoms with van der Waals surface area (Å²) in [5.74, 6) is 0.734. The first-order chi connectivity index (χ1) is 17.2. The zero-order valence-electron chi connectivity index (χ0n) is 21.1. The highest BCUT2D eigenvalue weighted by atomic mass is 32.2. The smallest absolute Gasteiger partial charge is 0.283 e. The van der Waals surface area contributed by atoms with Gasteiger partial charge in [-0.1, -0.05) is 49.7 Å². The van der Waals surface area contributed by atoms with Gasteiger partial charge in [0.25, 0.3) is 5.91 Å². The number of benzene rings is 2. The van der Waals surface area contributed by atoms with Gasteiger partial charge in [-0.25, -0.2) is 0 Å². The molecule has 0 atom stereocenters. The van der Waals surface area contributed by atoms with Crippen molar-refractivity contribution in [3.63, 3.8) is 0 Å². The van der Waals surface area contributed by atoms with Crippen molar-refractivity contribution < 1.29 is 9.53 Å². The number of hydrogen-bond donors (Lipinski definition) is 1. The Balaban J connectivity index is 1.47. The lowest BCUT2D eigenvalue weighted by Crippen LogP contribution is -2.35. The number of hydrazone groups is 1. The number of aliphatic imine (C=N–C) groups is 1. The molecule has 0 saturated heterocycles. The van der Waals surface area contributed by atoms with Gasteiger partial charge in [0.1, 0.15) is 17.4 Å². The van der Waals surface area contributed by atoms with E-state index in [2.05, 4.69) is 46.7 Å². The molecule has 0 aliphatic carbocycles. The van der Waals surface area contributed by atoms with Crippen LogP contribution in [0.5, 0.6) is 5.75 Å². The molecule has 184 valence electrons. The van der Waals surface area contributed by atoms with Gasteiger partial charge in [0.2, 0.25) is 5.17 Å². The first kappa shape index (κ1) is 24.1. The Bertz CT molecular complexity index is 1500. The van der Waals surface area contributed by atoms with Crippen LogP contribution in [0.4, 0.5) is 0 Å². The maximum absolute atomic E-state index is 13.0. The largest absolute Gasteiger partial charge is 0.491 e. The third-order valence-corrected chi connectivity index (χ3v) is 7.64. The van der Waals surface area contributed by atoms with Gasteiger partial charge in [0.05, 0.1) is 12.1 Å². The summed E-state index contributed by atoms with van der Waals surface area (Å²) in [5, 5.41) is 17.0. The van der Waals surface area contributed by atoms with Crippen LogP contribution in [0, 0.1) is 32.1 Å². The molecule has 2 aromatic carbocycles. The molecule has 7 nitrogen and oxygen atoms in total. The third-order valence-electron chi connectivity index (χ3n) is 6.44. The van der Waals surface area contributed by atoms with E-state index in [-0.39, 0.29) is 17.3 Å². The standard InChI is InChI=1S/C28H29N5O2S/c1-16(2)27-31-33-25(29)22(26(34)30-28(33)36-27)15-21-19(5)32(23-9-7-6-8-20(21)23)12-13-35-24-11-10-17(3)14-18(24)4/h6-11,14-16,29H,12-13H2,1-5H3. The van der Waals surface area contributed by atoms with E-state index in [1.807, 2.05) is 45.0 Å². The number of carbonyl (C=O) groups excluding carboxylic acids is 1. The van der Waals surface area contributed by atoms with E-state index >= 15 is 0 Å². The molecule has 0 radical (unpaired) electrons.